The number of rotatable bonds is 7. The number of amides is 1. The van der Waals surface area contributed by atoms with Crippen molar-refractivity contribution in [1.82, 2.24) is 14.3 Å². The second-order valence-electron chi connectivity index (χ2n) is 7.99. The molecule has 1 aromatic heterocycles. The van der Waals surface area contributed by atoms with E-state index in [9.17, 15) is 13.2 Å². The van der Waals surface area contributed by atoms with Gasteiger partial charge in [-0.15, -0.1) is 0 Å². The second kappa shape index (κ2) is 10.1. The van der Waals surface area contributed by atoms with Crippen LogP contribution >= 0.6 is 11.8 Å². The summed E-state index contributed by atoms with van der Waals surface area (Å²) in [6.07, 6.45) is 1.65. The number of carbonyl (C=O) groups excluding carboxylic acids is 1. The Morgan fingerprint density at radius 3 is 2.26 bits per heavy atom. The molecule has 1 fully saturated rings. The number of anilines is 1. The van der Waals surface area contributed by atoms with E-state index in [1.165, 1.54) is 35.3 Å². The summed E-state index contributed by atoms with van der Waals surface area (Å²) in [5, 5.41) is 3.49. The van der Waals surface area contributed by atoms with Crippen LogP contribution in [-0.2, 0) is 10.0 Å². The number of nitrogens with one attached hydrogen (secondary N) is 1. The number of benzene rings is 2. The summed E-state index contributed by atoms with van der Waals surface area (Å²) in [5.41, 5.74) is 2.64. The fourth-order valence-corrected chi connectivity index (χ4v) is 6.30. The van der Waals surface area contributed by atoms with Crippen molar-refractivity contribution >= 4 is 33.4 Å². The van der Waals surface area contributed by atoms with E-state index >= 15 is 0 Å². The maximum atomic E-state index is 13.1. The molecule has 3 aromatic rings. The highest BCUT2D eigenvalue weighted by molar-refractivity contribution is 7.99. The molecule has 0 aliphatic carbocycles. The molecule has 8 nitrogen and oxygen atoms in total. The molecule has 0 saturated carbocycles. The number of hydrogen-bond donors (Lipinski definition) is 1. The van der Waals surface area contributed by atoms with E-state index in [1.807, 2.05) is 32.0 Å². The fourth-order valence-electron chi connectivity index (χ4n) is 3.74. The molecule has 2 heterocycles. The lowest BCUT2D eigenvalue weighted by Crippen LogP contribution is -2.28. The molecule has 0 bridgehead atoms. The molecule has 1 amide bonds. The molecule has 1 N–H and O–H groups in total. The zero-order valence-electron chi connectivity index (χ0n) is 19.2. The minimum Gasteiger partial charge on any atom is -0.495 e. The number of sulfonamides is 1. The molecular formula is C24H26N4O4S2. The van der Waals surface area contributed by atoms with Gasteiger partial charge in [0, 0.05) is 40.6 Å². The van der Waals surface area contributed by atoms with Crippen LogP contribution in [0.15, 0.2) is 63.5 Å². The van der Waals surface area contributed by atoms with Gasteiger partial charge in [0.05, 0.1) is 7.11 Å². The van der Waals surface area contributed by atoms with Crippen LogP contribution in [0.5, 0.6) is 5.75 Å². The summed E-state index contributed by atoms with van der Waals surface area (Å²) in [6, 6.07) is 13.7. The number of hydrogen-bond acceptors (Lipinski definition) is 7. The molecule has 0 spiro atoms. The van der Waals surface area contributed by atoms with Crippen molar-refractivity contribution in [3.63, 3.8) is 0 Å². The highest BCUT2D eigenvalue weighted by Gasteiger charge is 2.30. The topological polar surface area (TPSA) is 101 Å². The van der Waals surface area contributed by atoms with Gasteiger partial charge in [-0.05, 0) is 87.0 Å². The maximum absolute atomic E-state index is 13.1. The summed E-state index contributed by atoms with van der Waals surface area (Å²) in [6.45, 7) is 4.80. The molecular weight excluding hydrogens is 472 g/mol. The van der Waals surface area contributed by atoms with Crippen LogP contribution in [0.25, 0.3) is 0 Å². The van der Waals surface area contributed by atoms with Gasteiger partial charge in [-0.25, -0.2) is 18.4 Å². The van der Waals surface area contributed by atoms with Gasteiger partial charge >= 0.3 is 0 Å². The summed E-state index contributed by atoms with van der Waals surface area (Å²) < 4.78 is 32.9. The van der Waals surface area contributed by atoms with Crippen LogP contribution < -0.4 is 10.1 Å². The maximum Gasteiger partial charge on any atom is 0.255 e. The zero-order valence-corrected chi connectivity index (χ0v) is 20.9. The molecule has 0 atom stereocenters. The van der Waals surface area contributed by atoms with Gasteiger partial charge in [-0.1, -0.05) is 0 Å². The lowest BCUT2D eigenvalue weighted by Gasteiger charge is -2.18. The first-order valence-corrected chi connectivity index (χ1v) is 13.1. The third-order valence-corrected chi connectivity index (χ3v) is 8.18. The average Bonchev–Trinajstić information content (AvgIpc) is 3.35. The van der Waals surface area contributed by atoms with Crippen LogP contribution in [0.1, 0.15) is 34.6 Å². The molecule has 1 aliphatic heterocycles. The average molecular weight is 499 g/mol. The molecule has 1 aliphatic rings. The normalized spacial score (nSPS) is 14.2. The highest BCUT2D eigenvalue weighted by Crippen LogP contribution is 2.30. The smallest absolute Gasteiger partial charge is 0.255 e. The van der Waals surface area contributed by atoms with Crippen molar-refractivity contribution in [3.8, 4) is 5.75 Å². The summed E-state index contributed by atoms with van der Waals surface area (Å²) >= 11 is 1.44. The third kappa shape index (κ3) is 5.40. The second-order valence-corrected chi connectivity index (χ2v) is 10.9. The van der Waals surface area contributed by atoms with Gasteiger partial charge in [0.25, 0.3) is 5.91 Å². The number of nitrogens with zero attached hydrogens (tertiary/aromatic N) is 3. The molecule has 1 saturated heterocycles. The number of aryl methyl sites for hydroxylation is 2. The van der Waals surface area contributed by atoms with E-state index in [1.54, 1.807) is 18.2 Å². The predicted octanol–water partition coefficient (Wildman–Crippen LogP) is 4.29. The van der Waals surface area contributed by atoms with Gasteiger partial charge < -0.3 is 10.1 Å². The first-order chi connectivity index (χ1) is 16.3. The largest absolute Gasteiger partial charge is 0.495 e. The van der Waals surface area contributed by atoms with E-state index in [2.05, 4.69) is 15.3 Å². The first-order valence-electron chi connectivity index (χ1n) is 10.9. The van der Waals surface area contributed by atoms with E-state index in [4.69, 9.17) is 4.74 Å². The van der Waals surface area contributed by atoms with Crippen LogP contribution in [-0.4, -0.2) is 48.8 Å². The minimum atomic E-state index is -3.74. The molecule has 0 radical (unpaired) electrons. The van der Waals surface area contributed by atoms with Gasteiger partial charge in [0.15, 0.2) is 5.16 Å². The summed E-state index contributed by atoms with van der Waals surface area (Å²) in [5.74, 6) is -0.183. The van der Waals surface area contributed by atoms with E-state index < -0.39 is 15.9 Å². The quantitative estimate of drug-likeness (QED) is 0.485. The van der Waals surface area contributed by atoms with Crippen LogP contribution in [0.2, 0.25) is 0 Å². The van der Waals surface area contributed by atoms with E-state index in [0.29, 0.717) is 23.9 Å². The fraction of sp³-hybridized carbons (Fsp3) is 0.292. The Balaban J connectivity index is 1.50. The number of aromatic nitrogens is 2. The minimum absolute atomic E-state index is 0.00439. The highest BCUT2D eigenvalue weighted by atomic mass is 32.2. The Labute approximate surface area is 203 Å². The molecule has 4 rings (SSSR count). The van der Waals surface area contributed by atoms with Crippen molar-refractivity contribution in [3.05, 3.63) is 65.5 Å². The summed E-state index contributed by atoms with van der Waals surface area (Å²) in [4.78, 5) is 22.7. The molecule has 178 valence electrons. The van der Waals surface area contributed by atoms with E-state index in [0.717, 1.165) is 29.1 Å². The van der Waals surface area contributed by atoms with Crippen molar-refractivity contribution in [2.75, 3.05) is 25.5 Å². The van der Waals surface area contributed by atoms with E-state index in [-0.39, 0.29) is 16.2 Å². The Kier molecular flexibility index (Phi) is 7.20. The molecule has 10 heteroatoms. The number of carbonyl (C=O) groups is 1. The third-order valence-electron chi connectivity index (χ3n) is 5.39. The molecule has 0 unspecified atom stereocenters. The molecule has 2 aromatic carbocycles. The Bertz CT molecular complexity index is 1280. The van der Waals surface area contributed by atoms with Gasteiger partial charge in [0.1, 0.15) is 10.6 Å². The Morgan fingerprint density at radius 1 is 1.00 bits per heavy atom. The lowest BCUT2D eigenvalue weighted by atomic mass is 10.2. The Hall–Kier alpha value is -2.95. The zero-order chi connectivity index (χ0) is 24.3. The first kappa shape index (κ1) is 24.2. The number of methoxy groups -OCH3 is 1. The van der Waals surface area contributed by atoms with Crippen molar-refractivity contribution in [2.24, 2.45) is 0 Å². The van der Waals surface area contributed by atoms with Crippen LogP contribution in [0.4, 0.5) is 5.69 Å². The van der Waals surface area contributed by atoms with Gasteiger partial charge in [-0.2, -0.15) is 4.31 Å². The van der Waals surface area contributed by atoms with Crippen molar-refractivity contribution < 1.29 is 17.9 Å². The monoisotopic (exact) mass is 498 g/mol. The van der Waals surface area contributed by atoms with Gasteiger partial charge in [0.2, 0.25) is 10.0 Å². The van der Waals surface area contributed by atoms with Crippen molar-refractivity contribution in [2.45, 2.75) is 41.6 Å². The van der Waals surface area contributed by atoms with Crippen LogP contribution in [0, 0.1) is 13.8 Å². The standard InChI is InChI=1S/C24H26N4O4S2/c1-16-14-17(2)26-24(25-16)33-20-9-7-19(8-10-20)27-23(29)18-6-11-21(32-3)22(15-18)34(30,31)28-12-4-5-13-28/h6-11,14-15H,4-5,12-13H2,1-3H3,(H,27,29). The predicted molar refractivity (Wildman–Crippen MR) is 131 cm³/mol. The van der Waals surface area contributed by atoms with Crippen LogP contribution in [0.3, 0.4) is 0 Å². The summed E-state index contributed by atoms with van der Waals surface area (Å²) in [7, 11) is -2.32. The van der Waals surface area contributed by atoms with Gasteiger partial charge in [-0.3, -0.25) is 4.79 Å². The Morgan fingerprint density at radius 2 is 1.65 bits per heavy atom. The SMILES string of the molecule is COc1ccc(C(=O)Nc2ccc(Sc3nc(C)cc(C)n3)cc2)cc1S(=O)(=O)N1CCCC1. The number of ether oxygens (including phenoxy) is 1. The van der Waals surface area contributed by atoms with Crippen molar-refractivity contribution in [1.29, 1.82) is 0 Å². The lowest BCUT2D eigenvalue weighted by molar-refractivity contribution is 0.102. The molecule has 34 heavy (non-hydrogen) atoms.